The Labute approximate surface area is 155 Å². The highest BCUT2D eigenvalue weighted by molar-refractivity contribution is 5.79. The van der Waals surface area contributed by atoms with Crippen LogP contribution in [0.25, 0.3) is 22.4 Å². The molecule has 0 radical (unpaired) electrons. The molecule has 0 spiro atoms. The second kappa shape index (κ2) is 7.24. The van der Waals surface area contributed by atoms with E-state index in [0.29, 0.717) is 18.1 Å². The summed E-state index contributed by atoms with van der Waals surface area (Å²) >= 11 is 0. The average Bonchev–Trinajstić information content (AvgIpc) is 3.28. The molecule has 0 bridgehead atoms. The number of halogens is 1. The fraction of sp³-hybridized carbons (Fsp3) is 0.263. The third kappa shape index (κ3) is 3.85. The van der Waals surface area contributed by atoms with Crippen LogP contribution >= 0.6 is 0 Å². The van der Waals surface area contributed by atoms with Crippen LogP contribution in [0.2, 0.25) is 0 Å². The molecule has 0 aliphatic rings. The highest BCUT2D eigenvalue weighted by atomic mass is 19.1. The molecule has 4 rings (SSSR count). The second-order valence-corrected chi connectivity index (χ2v) is 6.63. The van der Waals surface area contributed by atoms with Gasteiger partial charge in [-0.1, -0.05) is 22.5 Å². The van der Waals surface area contributed by atoms with Gasteiger partial charge in [0, 0.05) is 12.1 Å². The summed E-state index contributed by atoms with van der Waals surface area (Å²) in [6, 6.07) is 12.1. The first-order chi connectivity index (χ1) is 13.1. The quantitative estimate of drug-likeness (QED) is 0.522. The lowest BCUT2D eigenvalue weighted by atomic mass is 10.1. The van der Waals surface area contributed by atoms with Crippen LogP contribution < -0.4 is 0 Å². The summed E-state index contributed by atoms with van der Waals surface area (Å²) in [6.45, 7) is 1.66. The first-order valence-corrected chi connectivity index (χ1v) is 8.64. The van der Waals surface area contributed by atoms with Crippen molar-refractivity contribution in [2.24, 2.45) is 0 Å². The Morgan fingerprint density at radius 1 is 1.11 bits per heavy atom. The van der Waals surface area contributed by atoms with Gasteiger partial charge in [0.25, 0.3) is 0 Å². The van der Waals surface area contributed by atoms with Crippen LogP contribution in [0, 0.1) is 5.82 Å². The lowest BCUT2D eigenvalue weighted by Crippen LogP contribution is -2.18. The summed E-state index contributed by atoms with van der Waals surface area (Å²) in [5.74, 6) is 0.708. The molecule has 27 heavy (non-hydrogen) atoms. The third-order valence-corrected chi connectivity index (χ3v) is 4.27. The van der Waals surface area contributed by atoms with E-state index >= 15 is 0 Å². The molecule has 2 aromatic carbocycles. The van der Waals surface area contributed by atoms with Gasteiger partial charge < -0.3 is 9.42 Å². The van der Waals surface area contributed by atoms with Crippen molar-refractivity contribution in [3.63, 3.8) is 0 Å². The zero-order valence-corrected chi connectivity index (χ0v) is 15.1. The van der Waals surface area contributed by atoms with E-state index in [0.717, 1.165) is 35.2 Å². The van der Waals surface area contributed by atoms with Gasteiger partial charge in [-0.25, -0.2) is 9.07 Å². The van der Waals surface area contributed by atoms with Crippen molar-refractivity contribution < 1.29 is 8.91 Å². The highest BCUT2D eigenvalue weighted by Gasteiger charge is 2.12. The fourth-order valence-electron chi connectivity index (χ4n) is 2.79. The highest BCUT2D eigenvalue weighted by Crippen LogP contribution is 2.22. The zero-order chi connectivity index (χ0) is 18.8. The van der Waals surface area contributed by atoms with Crippen LogP contribution in [0.1, 0.15) is 11.5 Å². The molecule has 138 valence electrons. The molecular weight excluding hydrogens is 347 g/mol. The molecule has 0 saturated heterocycles. The molecule has 0 unspecified atom stereocenters. The van der Waals surface area contributed by atoms with E-state index in [9.17, 15) is 4.39 Å². The van der Waals surface area contributed by atoms with Gasteiger partial charge in [0.15, 0.2) is 0 Å². The number of likely N-dealkylation sites (N-methyl/N-ethyl adjacent to an activating group) is 1. The molecule has 0 aliphatic carbocycles. The van der Waals surface area contributed by atoms with E-state index in [1.165, 1.54) is 12.1 Å². The van der Waals surface area contributed by atoms with Crippen LogP contribution in [0.15, 0.2) is 47.0 Å². The van der Waals surface area contributed by atoms with Crippen LogP contribution in [-0.2, 0) is 13.0 Å². The van der Waals surface area contributed by atoms with Crippen molar-refractivity contribution in [2.45, 2.75) is 13.0 Å². The predicted molar refractivity (Wildman–Crippen MR) is 98.6 cm³/mol. The van der Waals surface area contributed by atoms with E-state index in [4.69, 9.17) is 4.52 Å². The van der Waals surface area contributed by atoms with Crippen molar-refractivity contribution in [1.82, 2.24) is 30.0 Å². The molecule has 8 heteroatoms. The summed E-state index contributed by atoms with van der Waals surface area (Å²) in [6.07, 6.45) is 0.455. The van der Waals surface area contributed by atoms with E-state index in [-0.39, 0.29) is 5.82 Å². The molecule has 0 saturated carbocycles. The Hall–Kier alpha value is -3.13. The Morgan fingerprint density at radius 3 is 2.70 bits per heavy atom. The van der Waals surface area contributed by atoms with Crippen LogP contribution in [0.4, 0.5) is 4.39 Å². The van der Waals surface area contributed by atoms with Gasteiger partial charge in [-0.15, -0.1) is 5.10 Å². The summed E-state index contributed by atoms with van der Waals surface area (Å²) in [5.41, 5.74) is 3.48. The van der Waals surface area contributed by atoms with Crippen molar-refractivity contribution >= 4 is 11.0 Å². The Kier molecular flexibility index (Phi) is 4.64. The van der Waals surface area contributed by atoms with Gasteiger partial charge in [-0.05, 0) is 50.0 Å². The average molecular weight is 366 g/mol. The van der Waals surface area contributed by atoms with Crippen LogP contribution in [0.5, 0.6) is 0 Å². The molecule has 0 atom stereocenters. The Bertz CT molecular complexity index is 1050. The lowest BCUT2D eigenvalue weighted by molar-refractivity contribution is 0.374. The van der Waals surface area contributed by atoms with Gasteiger partial charge >= 0.3 is 0 Å². The third-order valence-electron chi connectivity index (χ3n) is 4.27. The topological polar surface area (TPSA) is 72.9 Å². The first kappa shape index (κ1) is 17.3. The summed E-state index contributed by atoms with van der Waals surface area (Å²) in [4.78, 5) is 6.54. The normalized spacial score (nSPS) is 11.6. The number of aromatic nitrogens is 5. The van der Waals surface area contributed by atoms with Crippen LogP contribution in [-0.4, -0.2) is 50.7 Å². The van der Waals surface area contributed by atoms with E-state index < -0.39 is 0 Å². The largest absolute Gasteiger partial charge is 0.339 e. The SMILES string of the molecule is CN(C)CCn1nnc2cc(-c3noc(Cc4ccc(F)cc4)n3)ccc21. The number of hydrogen-bond acceptors (Lipinski definition) is 6. The minimum atomic E-state index is -0.267. The number of hydrogen-bond donors (Lipinski definition) is 0. The van der Waals surface area contributed by atoms with Crippen molar-refractivity contribution in [3.8, 4) is 11.4 Å². The van der Waals surface area contributed by atoms with Gasteiger partial charge in [0.2, 0.25) is 11.7 Å². The maximum Gasteiger partial charge on any atom is 0.231 e. The molecule has 0 amide bonds. The number of fused-ring (bicyclic) bond motifs is 1. The number of benzene rings is 2. The van der Waals surface area contributed by atoms with Gasteiger partial charge in [-0.2, -0.15) is 4.98 Å². The predicted octanol–water partition coefficient (Wildman–Crippen LogP) is 2.77. The molecule has 0 fully saturated rings. The Balaban J connectivity index is 1.54. The van der Waals surface area contributed by atoms with Crippen molar-refractivity contribution in [3.05, 3.63) is 59.7 Å². The molecule has 0 N–H and O–H groups in total. The van der Waals surface area contributed by atoms with E-state index in [1.54, 1.807) is 12.1 Å². The monoisotopic (exact) mass is 366 g/mol. The van der Waals surface area contributed by atoms with Gasteiger partial charge in [0.05, 0.1) is 18.5 Å². The van der Waals surface area contributed by atoms with Gasteiger partial charge in [-0.3, -0.25) is 0 Å². The smallest absolute Gasteiger partial charge is 0.231 e. The summed E-state index contributed by atoms with van der Waals surface area (Å²) < 4.78 is 20.2. The molecule has 7 nitrogen and oxygen atoms in total. The van der Waals surface area contributed by atoms with Gasteiger partial charge in [0.1, 0.15) is 11.3 Å². The molecule has 2 heterocycles. The van der Waals surface area contributed by atoms with Crippen molar-refractivity contribution in [1.29, 1.82) is 0 Å². The number of nitrogens with zero attached hydrogens (tertiary/aromatic N) is 6. The zero-order valence-electron chi connectivity index (χ0n) is 15.1. The lowest BCUT2D eigenvalue weighted by Gasteiger charge is -2.09. The Morgan fingerprint density at radius 2 is 1.93 bits per heavy atom. The minimum absolute atomic E-state index is 0.267. The molecule has 2 aromatic heterocycles. The summed E-state index contributed by atoms with van der Waals surface area (Å²) in [5, 5.41) is 12.5. The standard InChI is InChI=1S/C19H19FN6O/c1-25(2)9-10-26-17-8-5-14(12-16(17)22-24-26)19-21-18(27-23-19)11-13-3-6-15(20)7-4-13/h3-8,12H,9-11H2,1-2H3. The molecule has 0 aliphatic heterocycles. The minimum Gasteiger partial charge on any atom is -0.339 e. The summed E-state index contributed by atoms with van der Waals surface area (Å²) in [7, 11) is 4.05. The van der Waals surface area contributed by atoms with Crippen molar-refractivity contribution in [2.75, 3.05) is 20.6 Å². The maximum atomic E-state index is 13.0. The van der Waals surface area contributed by atoms with E-state index in [1.807, 2.05) is 37.0 Å². The second-order valence-electron chi connectivity index (χ2n) is 6.63. The fourth-order valence-corrected chi connectivity index (χ4v) is 2.79. The van der Waals surface area contributed by atoms with E-state index in [2.05, 4.69) is 25.4 Å². The van der Waals surface area contributed by atoms with Crippen LogP contribution in [0.3, 0.4) is 0 Å². The first-order valence-electron chi connectivity index (χ1n) is 8.64. The molecular formula is C19H19FN6O. The maximum absolute atomic E-state index is 13.0. The number of rotatable bonds is 6. The molecule has 4 aromatic rings.